The number of hydrogen-bond acceptors (Lipinski definition) is 3. The van der Waals surface area contributed by atoms with Crippen LogP contribution in [0.2, 0.25) is 0 Å². The molecular formula is C10H21NO2. The zero-order chi connectivity index (χ0) is 10.1. The lowest BCUT2D eigenvalue weighted by Gasteiger charge is -2.24. The summed E-state index contributed by atoms with van der Waals surface area (Å²) in [5.41, 5.74) is 0. The van der Waals surface area contributed by atoms with Gasteiger partial charge in [0.15, 0.2) is 0 Å². The van der Waals surface area contributed by atoms with E-state index in [9.17, 15) is 4.79 Å². The fourth-order valence-corrected chi connectivity index (χ4v) is 1.15. The molecule has 0 aliphatic carbocycles. The van der Waals surface area contributed by atoms with Crippen LogP contribution in [0.3, 0.4) is 0 Å². The lowest BCUT2D eigenvalue weighted by molar-refractivity contribution is -0.122. The van der Waals surface area contributed by atoms with Crippen molar-refractivity contribution in [3.63, 3.8) is 0 Å². The van der Waals surface area contributed by atoms with Gasteiger partial charge in [0.2, 0.25) is 0 Å². The van der Waals surface area contributed by atoms with Crippen LogP contribution >= 0.6 is 0 Å². The second-order valence-electron chi connectivity index (χ2n) is 2.78. The summed E-state index contributed by atoms with van der Waals surface area (Å²) >= 11 is 0. The molecule has 0 spiro atoms. The SMILES string of the molecule is CC.CCOCN1CCC(=O)CC1. The summed E-state index contributed by atoms with van der Waals surface area (Å²) < 4.78 is 5.22. The Morgan fingerprint density at radius 2 is 1.85 bits per heavy atom. The van der Waals surface area contributed by atoms with Gasteiger partial charge in [-0.15, -0.1) is 0 Å². The van der Waals surface area contributed by atoms with Gasteiger partial charge in [-0.1, -0.05) is 13.8 Å². The van der Waals surface area contributed by atoms with Gasteiger partial charge in [0.05, 0.1) is 6.73 Å². The molecule has 0 N–H and O–H groups in total. The Hall–Kier alpha value is -0.410. The van der Waals surface area contributed by atoms with Crippen LogP contribution in [0.4, 0.5) is 0 Å². The Morgan fingerprint density at radius 1 is 1.31 bits per heavy atom. The molecule has 1 saturated heterocycles. The number of carbonyl (C=O) groups excluding carboxylic acids is 1. The maximum Gasteiger partial charge on any atom is 0.135 e. The Morgan fingerprint density at radius 3 is 2.31 bits per heavy atom. The minimum Gasteiger partial charge on any atom is -0.366 e. The molecule has 0 unspecified atom stereocenters. The van der Waals surface area contributed by atoms with E-state index in [1.54, 1.807) is 0 Å². The molecule has 78 valence electrons. The molecule has 0 bridgehead atoms. The molecule has 0 aromatic carbocycles. The average Bonchev–Trinajstić information content (AvgIpc) is 2.20. The second-order valence-corrected chi connectivity index (χ2v) is 2.78. The van der Waals surface area contributed by atoms with Gasteiger partial charge in [-0.25, -0.2) is 0 Å². The minimum absolute atomic E-state index is 0.387. The number of nitrogens with zero attached hydrogens (tertiary/aromatic N) is 1. The molecule has 0 aromatic rings. The van der Waals surface area contributed by atoms with E-state index in [1.807, 2.05) is 20.8 Å². The predicted molar refractivity (Wildman–Crippen MR) is 53.7 cm³/mol. The molecule has 1 fully saturated rings. The molecule has 0 amide bonds. The maximum absolute atomic E-state index is 10.8. The Bertz CT molecular complexity index is 127. The highest BCUT2D eigenvalue weighted by molar-refractivity contribution is 5.79. The lowest BCUT2D eigenvalue weighted by atomic mass is 10.1. The first-order valence-electron chi connectivity index (χ1n) is 5.14. The summed E-state index contributed by atoms with van der Waals surface area (Å²) in [5.74, 6) is 0.387. The number of likely N-dealkylation sites (tertiary alicyclic amines) is 1. The molecule has 1 rings (SSSR count). The van der Waals surface area contributed by atoms with Gasteiger partial charge in [-0.05, 0) is 6.92 Å². The van der Waals surface area contributed by atoms with Crippen LogP contribution in [0.15, 0.2) is 0 Å². The van der Waals surface area contributed by atoms with Crippen molar-refractivity contribution in [2.45, 2.75) is 33.6 Å². The van der Waals surface area contributed by atoms with E-state index >= 15 is 0 Å². The van der Waals surface area contributed by atoms with E-state index in [2.05, 4.69) is 4.90 Å². The molecule has 0 saturated carbocycles. The summed E-state index contributed by atoms with van der Waals surface area (Å²) in [5, 5.41) is 0. The van der Waals surface area contributed by atoms with Crippen LogP contribution in [-0.4, -0.2) is 37.1 Å². The zero-order valence-corrected chi connectivity index (χ0v) is 9.01. The van der Waals surface area contributed by atoms with Gasteiger partial charge in [0, 0.05) is 32.5 Å². The Labute approximate surface area is 81.1 Å². The van der Waals surface area contributed by atoms with Gasteiger partial charge in [0.25, 0.3) is 0 Å². The summed E-state index contributed by atoms with van der Waals surface area (Å²) in [6.45, 7) is 9.17. The molecule has 1 aliphatic heterocycles. The third kappa shape index (κ3) is 5.77. The van der Waals surface area contributed by atoms with Gasteiger partial charge in [0.1, 0.15) is 5.78 Å². The zero-order valence-electron chi connectivity index (χ0n) is 9.01. The van der Waals surface area contributed by atoms with Crippen molar-refractivity contribution in [1.29, 1.82) is 0 Å². The Balaban J connectivity index is 0.000000671. The molecule has 0 atom stereocenters. The topological polar surface area (TPSA) is 29.5 Å². The second kappa shape index (κ2) is 8.20. The lowest BCUT2D eigenvalue weighted by Crippen LogP contribution is -2.35. The molecule has 0 radical (unpaired) electrons. The summed E-state index contributed by atoms with van der Waals surface area (Å²) in [6.07, 6.45) is 1.40. The number of Topliss-reactive ketones (excluding diaryl/α,β-unsaturated/α-hetero) is 1. The summed E-state index contributed by atoms with van der Waals surface area (Å²) in [4.78, 5) is 13.0. The van der Waals surface area contributed by atoms with Crippen LogP contribution in [0.5, 0.6) is 0 Å². The summed E-state index contributed by atoms with van der Waals surface area (Å²) in [6, 6.07) is 0. The van der Waals surface area contributed by atoms with E-state index in [0.717, 1.165) is 19.7 Å². The van der Waals surface area contributed by atoms with Gasteiger partial charge in [-0.2, -0.15) is 0 Å². The van der Waals surface area contributed by atoms with Crippen molar-refractivity contribution in [3.8, 4) is 0 Å². The minimum atomic E-state index is 0.387. The van der Waals surface area contributed by atoms with E-state index in [-0.39, 0.29) is 0 Å². The third-order valence-corrected chi connectivity index (χ3v) is 1.89. The van der Waals surface area contributed by atoms with Crippen LogP contribution in [0.25, 0.3) is 0 Å². The average molecular weight is 187 g/mol. The van der Waals surface area contributed by atoms with Crippen LogP contribution in [0.1, 0.15) is 33.6 Å². The molecule has 13 heavy (non-hydrogen) atoms. The van der Waals surface area contributed by atoms with Crippen molar-refractivity contribution < 1.29 is 9.53 Å². The quantitative estimate of drug-likeness (QED) is 0.673. The first-order valence-corrected chi connectivity index (χ1v) is 5.14. The number of rotatable bonds is 3. The van der Waals surface area contributed by atoms with Crippen molar-refractivity contribution in [3.05, 3.63) is 0 Å². The largest absolute Gasteiger partial charge is 0.366 e. The first-order chi connectivity index (χ1) is 6.33. The molecule has 1 aliphatic rings. The van der Waals surface area contributed by atoms with Gasteiger partial charge < -0.3 is 4.74 Å². The van der Waals surface area contributed by atoms with E-state index in [0.29, 0.717) is 25.4 Å². The van der Waals surface area contributed by atoms with Crippen molar-refractivity contribution in [2.24, 2.45) is 0 Å². The highest BCUT2D eigenvalue weighted by atomic mass is 16.5. The Kier molecular flexibility index (Phi) is 7.94. The predicted octanol–water partition coefficient (Wildman–Crippen LogP) is 1.67. The van der Waals surface area contributed by atoms with Crippen LogP contribution < -0.4 is 0 Å². The van der Waals surface area contributed by atoms with Gasteiger partial charge >= 0.3 is 0 Å². The molecule has 0 aromatic heterocycles. The normalized spacial score (nSPS) is 17.9. The van der Waals surface area contributed by atoms with Crippen molar-refractivity contribution >= 4 is 5.78 Å². The number of carbonyl (C=O) groups is 1. The maximum atomic E-state index is 10.8. The number of ether oxygens (including phenoxy) is 1. The standard InChI is InChI=1S/C8H15NO2.C2H6/c1-2-11-7-9-5-3-8(10)4-6-9;1-2/h2-7H2,1H3;1-2H3. The number of hydrogen-bond donors (Lipinski definition) is 0. The number of piperidine rings is 1. The third-order valence-electron chi connectivity index (χ3n) is 1.89. The van der Waals surface area contributed by atoms with Crippen LogP contribution in [-0.2, 0) is 9.53 Å². The van der Waals surface area contributed by atoms with E-state index < -0.39 is 0 Å². The highest BCUT2D eigenvalue weighted by Crippen LogP contribution is 2.04. The van der Waals surface area contributed by atoms with E-state index in [4.69, 9.17) is 4.74 Å². The monoisotopic (exact) mass is 187 g/mol. The first kappa shape index (κ1) is 12.6. The highest BCUT2D eigenvalue weighted by Gasteiger charge is 2.14. The van der Waals surface area contributed by atoms with E-state index in [1.165, 1.54) is 0 Å². The molecular weight excluding hydrogens is 166 g/mol. The van der Waals surface area contributed by atoms with Crippen molar-refractivity contribution in [2.75, 3.05) is 26.4 Å². The fraction of sp³-hybridized carbons (Fsp3) is 0.900. The van der Waals surface area contributed by atoms with Gasteiger partial charge in [-0.3, -0.25) is 9.69 Å². The summed E-state index contributed by atoms with van der Waals surface area (Å²) in [7, 11) is 0. The number of ketones is 1. The fourth-order valence-electron chi connectivity index (χ4n) is 1.15. The smallest absolute Gasteiger partial charge is 0.135 e. The molecule has 3 heteroatoms. The molecule has 1 heterocycles. The van der Waals surface area contributed by atoms with Crippen molar-refractivity contribution in [1.82, 2.24) is 4.90 Å². The van der Waals surface area contributed by atoms with Crippen LogP contribution in [0, 0.1) is 0 Å². The molecule has 3 nitrogen and oxygen atoms in total.